The summed E-state index contributed by atoms with van der Waals surface area (Å²) in [5.41, 5.74) is 4.22. The Morgan fingerprint density at radius 1 is 1.10 bits per heavy atom. The van der Waals surface area contributed by atoms with Crippen LogP contribution in [0.4, 0.5) is 0 Å². The molecule has 162 valence electrons. The minimum Gasteiger partial charge on any atom is -0.349 e. The van der Waals surface area contributed by atoms with Crippen LogP contribution in [0.25, 0.3) is 0 Å². The molecule has 1 unspecified atom stereocenters. The molecule has 0 radical (unpaired) electrons. The van der Waals surface area contributed by atoms with Crippen molar-refractivity contribution in [3.8, 4) is 0 Å². The van der Waals surface area contributed by atoms with E-state index in [1.807, 2.05) is 13.0 Å². The first-order valence-corrected chi connectivity index (χ1v) is 12.2. The van der Waals surface area contributed by atoms with E-state index < -0.39 is 10.0 Å². The third-order valence-electron chi connectivity index (χ3n) is 5.87. The minimum atomic E-state index is -3.41. The van der Waals surface area contributed by atoms with Crippen LogP contribution >= 0.6 is 11.6 Å². The predicted octanol–water partition coefficient (Wildman–Crippen LogP) is 4.38. The van der Waals surface area contributed by atoms with Crippen LogP contribution in [0.2, 0.25) is 5.02 Å². The molecule has 2 aromatic rings. The fraction of sp³-hybridized carbons (Fsp3) is 0.435. The molecule has 0 bridgehead atoms. The number of sulfonamides is 1. The molecule has 0 saturated carbocycles. The highest BCUT2D eigenvalue weighted by molar-refractivity contribution is 7.88. The maximum atomic E-state index is 12.7. The van der Waals surface area contributed by atoms with Gasteiger partial charge in [0, 0.05) is 24.0 Å². The Morgan fingerprint density at radius 2 is 1.73 bits per heavy atom. The molecular weight excluding hydrogens is 420 g/mol. The van der Waals surface area contributed by atoms with E-state index in [0.717, 1.165) is 5.56 Å². The van der Waals surface area contributed by atoms with Gasteiger partial charge < -0.3 is 5.32 Å². The van der Waals surface area contributed by atoms with Gasteiger partial charge in [-0.3, -0.25) is 4.79 Å². The van der Waals surface area contributed by atoms with E-state index in [2.05, 4.69) is 31.3 Å². The third-order valence-corrected chi connectivity index (χ3v) is 7.97. The van der Waals surface area contributed by atoms with Crippen molar-refractivity contribution in [3.05, 3.63) is 69.7 Å². The van der Waals surface area contributed by atoms with E-state index >= 15 is 0 Å². The van der Waals surface area contributed by atoms with Gasteiger partial charge in [0.25, 0.3) is 0 Å². The minimum absolute atomic E-state index is 0.00419. The maximum Gasteiger partial charge on any atom is 0.223 e. The van der Waals surface area contributed by atoms with Crippen molar-refractivity contribution in [2.24, 2.45) is 5.92 Å². The van der Waals surface area contributed by atoms with Crippen LogP contribution in [-0.2, 0) is 20.6 Å². The molecule has 1 N–H and O–H groups in total. The standard InChI is InChI=1S/C23H29ClN2O3S/c1-16-4-7-21(14-17(16)2)18(3)25-23(27)20-10-12-26(13-11-20)30(28,29)15-19-5-8-22(24)9-6-19/h4-9,14,18,20H,10-13,15H2,1-3H3,(H,25,27). The molecule has 3 rings (SSSR count). The first-order valence-electron chi connectivity index (χ1n) is 10.3. The number of nitrogens with zero attached hydrogens (tertiary/aromatic N) is 1. The number of rotatable bonds is 6. The van der Waals surface area contributed by atoms with E-state index in [1.54, 1.807) is 24.3 Å². The second-order valence-corrected chi connectivity index (χ2v) is 10.5. The molecular formula is C23H29ClN2O3S. The van der Waals surface area contributed by atoms with Gasteiger partial charge >= 0.3 is 0 Å². The molecule has 7 heteroatoms. The van der Waals surface area contributed by atoms with E-state index in [4.69, 9.17) is 11.6 Å². The molecule has 1 aliphatic heterocycles. The molecule has 2 aromatic carbocycles. The summed E-state index contributed by atoms with van der Waals surface area (Å²) in [6, 6.07) is 13.0. The summed E-state index contributed by atoms with van der Waals surface area (Å²) >= 11 is 5.87. The molecule has 5 nitrogen and oxygen atoms in total. The highest BCUT2D eigenvalue weighted by atomic mass is 35.5. The molecule has 0 aromatic heterocycles. The largest absolute Gasteiger partial charge is 0.349 e. The molecule has 30 heavy (non-hydrogen) atoms. The number of benzene rings is 2. The summed E-state index contributed by atoms with van der Waals surface area (Å²) in [5.74, 6) is -0.221. The third kappa shape index (κ3) is 5.62. The van der Waals surface area contributed by atoms with Crippen molar-refractivity contribution in [1.82, 2.24) is 9.62 Å². The maximum absolute atomic E-state index is 12.7. The lowest BCUT2D eigenvalue weighted by Gasteiger charge is -2.31. The van der Waals surface area contributed by atoms with E-state index in [1.165, 1.54) is 15.4 Å². The fourth-order valence-corrected chi connectivity index (χ4v) is 5.42. The van der Waals surface area contributed by atoms with E-state index in [9.17, 15) is 13.2 Å². The Bertz CT molecular complexity index is 998. The molecule has 0 aliphatic carbocycles. The molecule has 0 spiro atoms. The zero-order valence-electron chi connectivity index (χ0n) is 17.7. The lowest BCUT2D eigenvalue weighted by molar-refractivity contribution is -0.126. The van der Waals surface area contributed by atoms with Crippen molar-refractivity contribution >= 4 is 27.5 Å². The SMILES string of the molecule is Cc1ccc(C(C)NC(=O)C2CCN(S(=O)(=O)Cc3ccc(Cl)cc3)CC2)cc1C. The number of hydrogen-bond acceptors (Lipinski definition) is 3. The highest BCUT2D eigenvalue weighted by Crippen LogP contribution is 2.24. The van der Waals surface area contributed by atoms with Crippen molar-refractivity contribution in [1.29, 1.82) is 0 Å². The van der Waals surface area contributed by atoms with Crippen molar-refractivity contribution in [2.75, 3.05) is 13.1 Å². The molecule has 1 aliphatic rings. The van der Waals surface area contributed by atoms with Crippen LogP contribution in [0.1, 0.15) is 48.1 Å². The van der Waals surface area contributed by atoms with Crippen LogP contribution in [-0.4, -0.2) is 31.7 Å². The first-order chi connectivity index (χ1) is 14.2. The predicted molar refractivity (Wildman–Crippen MR) is 121 cm³/mol. The second kappa shape index (κ2) is 9.50. The Kier molecular flexibility index (Phi) is 7.22. The van der Waals surface area contributed by atoms with Gasteiger partial charge in [0.2, 0.25) is 15.9 Å². The zero-order valence-corrected chi connectivity index (χ0v) is 19.3. The van der Waals surface area contributed by atoms with Gasteiger partial charge in [-0.2, -0.15) is 0 Å². The fourth-order valence-electron chi connectivity index (χ4n) is 3.73. The summed E-state index contributed by atoms with van der Waals surface area (Å²) < 4.78 is 27.0. The number of nitrogens with one attached hydrogen (secondary N) is 1. The van der Waals surface area contributed by atoms with E-state index in [0.29, 0.717) is 36.5 Å². The van der Waals surface area contributed by atoms with Crippen LogP contribution in [0, 0.1) is 19.8 Å². The zero-order chi connectivity index (χ0) is 21.9. The number of carbonyl (C=O) groups is 1. The topological polar surface area (TPSA) is 66.5 Å². The highest BCUT2D eigenvalue weighted by Gasteiger charge is 2.31. The van der Waals surface area contributed by atoms with E-state index in [-0.39, 0.29) is 23.6 Å². The molecule has 1 amide bonds. The average Bonchev–Trinajstić information content (AvgIpc) is 2.71. The van der Waals surface area contributed by atoms with Gasteiger partial charge in [-0.15, -0.1) is 0 Å². The number of hydrogen-bond donors (Lipinski definition) is 1. The monoisotopic (exact) mass is 448 g/mol. The number of amides is 1. The van der Waals surface area contributed by atoms with Gasteiger partial charge in [0.05, 0.1) is 11.8 Å². The van der Waals surface area contributed by atoms with Gasteiger partial charge in [-0.1, -0.05) is 41.9 Å². The Morgan fingerprint density at radius 3 is 2.33 bits per heavy atom. The summed E-state index contributed by atoms with van der Waals surface area (Å²) in [7, 11) is -3.41. The number of carbonyl (C=O) groups excluding carboxylic acids is 1. The Hall–Kier alpha value is -1.89. The summed E-state index contributed by atoms with van der Waals surface area (Å²) in [4.78, 5) is 12.7. The van der Waals surface area contributed by atoms with Crippen LogP contribution < -0.4 is 5.32 Å². The van der Waals surface area contributed by atoms with Crippen molar-refractivity contribution in [2.45, 2.75) is 45.4 Å². The van der Waals surface area contributed by atoms with Crippen LogP contribution in [0.3, 0.4) is 0 Å². The summed E-state index contributed by atoms with van der Waals surface area (Å²) in [6.07, 6.45) is 1.07. The van der Waals surface area contributed by atoms with Crippen LogP contribution in [0.15, 0.2) is 42.5 Å². The summed E-state index contributed by atoms with van der Waals surface area (Å²) in [6.45, 7) is 6.84. The Labute approximate surface area is 184 Å². The Balaban J connectivity index is 1.54. The molecule has 1 heterocycles. The van der Waals surface area contributed by atoms with Gasteiger partial charge in [-0.05, 0) is 68.0 Å². The van der Waals surface area contributed by atoms with Crippen molar-refractivity contribution in [3.63, 3.8) is 0 Å². The summed E-state index contributed by atoms with van der Waals surface area (Å²) in [5, 5.41) is 3.67. The number of aryl methyl sites for hydroxylation is 2. The van der Waals surface area contributed by atoms with Gasteiger partial charge in [0.15, 0.2) is 0 Å². The first kappa shape index (κ1) is 22.8. The normalized spacial score (nSPS) is 16.9. The number of piperidine rings is 1. The smallest absolute Gasteiger partial charge is 0.223 e. The molecule has 1 atom stereocenters. The molecule has 1 fully saturated rings. The lowest BCUT2D eigenvalue weighted by Crippen LogP contribution is -2.43. The van der Waals surface area contributed by atoms with Crippen LogP contribution in [0.5, 0.6) is 0 Å². The second-order valence-electron chi connectivity index (χ2n) is 8.13. The van der Waals surface area contributed by atoms with Gasteiger partial charge in [0.1, 0.15) is 0 Å². The van der Waals surface area contributed by atoms with Gasteiger partial charge in [-0.25, -0.2) is 12.7 Å². The molecule has 1 saturated heterocycles. The number of halogens is 1. The van der Waals surface area contributed by atoms with Crippen molar-refractivity contribution < 1.29 is 13.2 Å². The quantitative estimate of drug-likeness (QED) is 0.713. The lowest BCUT2D eigenvalue weighted by atomic mass is 9.96. The average molecular weight is 449 g/mol.